The number of nitrogens with one attached hydrogen (secondary N) is 2. The number of carbonyl (C=O) groups is 3. The van der Waals surface area contributed by atoms with E-state index in [-0.39, 0.29) is 29.2 Å². The van der Waals surface area contributed by atoms with Crippen molar-refractivity contribution in [2.75, 3.05) is 11.9 Å². The van der Waals surface area contributed by atoms with Gasteiger partial charge in [0, 0.05) is 11.4 Å². The molecule has 3 fully saturated rings. The number of anilines is 1. The molecule has 10 heteroatoms. The Labute approximate surface area is 241 Å². The van der Waals surface area contributed by atoms with E-state index in [2.05, 4.69) is 26.6 Å². The minimum absolute atomic E-state index is 0.159. The van der Waals surface area contributed by atoms with Gasteiger partial charge in [-0.2, -0.15) is 0 Å². The highest BCUT2D eigenvalue weighted by Gasteiger charge is 2.77. The SMILES string of the molecule is CC(C)C[C@H](CO)N1C(=O)[C@@H]2[C@@H](C(=O)NCc3ccccc3)[C@@H]3OC2(CC3Br)C1C(=O)Nc1ccccc1Cl. The molecule has 39 heavy (non-hydrogen) atoms. The molecule has 3 heterocycles. The van der Waals surface area contributed by atoms with E-state index in [9.17, 15) is 19.5 Å². The third-order valence-electron chi connectivity index (χ3n) is 8.07. The fourth-order valence-electron chi connectivity index (χ4n) is 6.55. The third kappa shape index (κ3) is 4.99. The van der Waals surface area contributed by atoms with Gasteiger partial charge in [-0.1, -0.05) is 83.8 Å². The van der Waals surface area contributed by atoms with E-state index in [4.69, 9.17) is 16.3 Å². The molecule has 5 rings (SSSR count). The Bertz CT molecular complexity index is 1250. The van der Waals surface area contributed by atoms with Crippen LogP contribution < -0.4 is 10.6 Å². The molecule has 8 nitrogen and oxygen atoms in total. The van der Waals surface area contributed by atoms with Gasteiger partial charge in [0.05, 0.1) is 41.3 Å². The summed E-state index contributed by atoms with van der Waals surface area (Å²) in [5, 5.41) is 16.6. The Hall–Kier alpha value is -2.46. The number of nitrogens with zero attached hydrogens (tertiary/aromatic N) is 1. The van der Waals surface area contributed by atoms with E-state index in [1.165, 1.54) is 4.90 Å². The Morgan fingerprint density at radius 3 is 2.51 bits per heavy atom. The number of rotatable bonds is 9. The Balaban J connectivity index is 1.50. The average Bonchev–Trinajstić information content (AvgIpc) is 3.51. The predicted molar refractivity (Wildman–Crippen MR) is 151 cm³/mol. The number of carbonyl (C=O) groups excluding carboxylic acids is 3. The van der Waals surface area contributed by atoms with Crippen molar-refractivity contribution in [3.8, 4) is 0 Å². The summed E-state index contributed by atoms with van der Waals surface area (Å²) in [6.45, 7) is 4.00. The van der Waals surface area contributed by atoms with E-state index in [1.807, 2.05) is 44.2 Å². The van der Waals surface area contributed by atoms with E-state index >= 15 is 0 Å². The van der Waals surface area contributed by atoms with Crippen molar-refractivity contribution in [3.05, 3.63) is 65.2 Å². The van der Waals surface area contributed by atoms with Crippen LogP contribution in [-0.4, -0.2) is 63.0 Å². The van der Waals surface area contributed by atoms with Crippen molar-refractivity contribution in [1.82, 2.24) is 10.2 Å². The van der Waals surface area contributed by atoms with Crippen LogP contribution in [0.3, 0.4) is 0 Å². The van der Waals surface area contributed by atoms with Crippen LogP contribution in [-0.2, 0) is 25.7 Å². The largest absolute Gasteiger partial charge is 0.394 e. The molecular formula is C29H33BrClN3O5. The molecular weight excluding hydrogens is 586 g/mol. The zero-order valence-corrected chi connectivity index (χ0v) is 24.2. The molecule has 0 saturated carbocycles. The highest BCUT2D eigenvalue weighted by Crippen LogP contribution is 2.60. The van der Waals surface area contributed by atoms with Gasteiger partial charge in [-0.25, -0.2) is 0 Å². The molecule has 3 aliphatic rings. The van der Waals surface area contributed by atoms with Gasteiger partial charge in [-0.05, 0) is 36.5 Å². The number of hydrogen-bond donors (Lipinski definition) is 3. The normalized spacial score (nSPS) is 29.9. The van der Waals surface area contributed by atoms with Crippen LogP contribution in [0.25, 0.3) is 0 Å². The summed E-state index contributed by atoms with van der Waals surface area (Å²) in [7, 11) is 0. The Morgan fingerprint density at radius 1 is 1.15 bits per heavy atom. The number of aliphatic hydroxyl groups is 1. The van der Waals surface area contributed by atoms with E-state index in [0.29, 0.717) is 30.1 Å². The Morgan fingerprint density at radius 2 is 1.85 bits per heavy atom. The molecule has 3 N–H and O–H groups in total. The molecule has 3 amide bonds. The lowest BCUT2D eigenvalue weighted by Crippen LogP contribution is -2.57. The first-order chi connectivity index (χ1) is 18.7. The van der Waals surface area contributed by atoms with Crippen molar-refractivity contribution in [2.24, 2.45) is 17.8 Å². The number of halogens is 2. The molecule has 3 aliphatic heterocycles. The van der Waals surface area contributed by atoms with Crippen LogP contribution in [0.2, 0.25) is 5.02 Å². The predicted octanol–water partition coefficient (Wildman–Crippen LogP) is 3.75. The van der Waals surface area contributed by atoms with Crippen molar-refractivity contribution in [3.63, 3.8) is 0 Å². The summed E-state index contributed by atoms with van der Waals surface area (Å²) >= 11 is 10.0. The number of likely N-dealkylation sites (tertiary alicyclic amines) is 1. The molecule has 2 aromatic rings. The number of hydrogen-bond acceptors (Lipinski definition) is 5. The fraction of sp³-hybridized carbons (Fsp3) is 0.483. The second-order valence-corrected chi connectivity index (χ2v) is 12.6. The number of amides is 3. The molecule has 1 spiro atoms. The molecule has 3 unspecified atom stereocenters. The van der Waals surface area contributed by atoms with Gasteiger partial charge in [0.1, 0.15) is 11.6 Å². The third-order valence-corrected chi connectivity index (χ3v) is 9.24. The molecule has 7 atom stereocenters. The average molecular weight is 619 g/mol. The molecule has 0 aliphatic carbocycles. The zero-order chi connectivity index (χ0) is 27.9. The topological polar surface area (TPSA) is 108 Å². The first-order valence-electron chi connectivity index (χ1n) is 13.3. The quantitative estimate of drug-likeness (QED) is 0.371. The van der Waals surface area contributed by atoms with Crippen LogP contribution in [0.1, 0.15) is 32.3 Å². The van der Waals surface area contributed by atoms with Crippen molar-refractivity contribution in [1.29, 1.82) is 0 Å². The van der Waals surface area contributed by atoms with E-state index in [1.54, 1.807) is 24.3 Å². The van der Waals surface area contributed by atoms with Crippen LogP contribution in [0.15, 0.2) is 54.6 Å². The minimum atomic E-state index is -1.22. The summed E-state index contributed by atoms with van der Waals surface area (Å²) < 4.78 is 6.54. The second kappa shape index (κ2) is 11.2. The zero-order valence-electron chi connectivity index (χ0n) is 21.8. The fourth-order valence-corrected chi connectivity index (χ4v) is 7.67. The van der Waals surface area contributed by atoms with Crippen LogP contribution in [0.4, 0.5) is 5.69 Å². The van der Waals surface area contributed by atoms with E-state index < -0.39 is 41.5 Å². The summed E-state index contributed by atoms with van der Waals surface area (Å²) in [5.74, 6) is -2.55. The first kappa shape index (κ1) is 28.1. The lowest BCUT2D eigenvalue weighted by atomic mass is 9.70. The lowest BCUT2D eigenvalue weighted by molar-refractivity contribution is -0.144. The van der Waals surface area contributed by atoms with Crippen LogP contribution in [0.5, 0.6) is 0 Å². The van der Waals surface area contributed by atoms with Gasteiger partial charge in [-0.15, -0.1) is 0 Å². The van der Waals surface area contributed by atoms with Crippen LogP contribution in [0, 0.1) is 17.8 Å². The summed E-state index contributed by atoms with van der Waals surface area (Å²) in [5.41, 5.74) is 0.134. The van der Waals surface area contributed by atoms with Crippen molar-refractivity contribution < 1.29 is 24.2 Å². The lowest BCUT2D eigenvalue weighted by Gasteiger charge is -2.37. The summed E-state index contributed by atoms with van der Waals surface area (Å²) in [4.78, 5) is 43.1. The maximum absolute atomic E-state index is 14.2. The van der Waals surface area contributed by atoms with E-state index in [0.717, 1.165) is 5.56 Å². The molecule has 2 aromatic carbocycles. The standard InChI is InChI=1S/C29H33BrClN3O5/c1-16(2)12-18(15-35)34-25(27(37)33-21-11-7-6-10-20(21)31)29-13-19(30)24(39-29)22(23(29)28(34)38)26(36)32-14-17-8-4-3-5-9-17/h3-11,16,18-19,22-25,35H,12-15H2,1-2H3,(H,32,36)(H,33,37)/t18-,19?,22-,23+,24-,25?,29?/m1/s1. The van der Waals surface area contributed by atoms with Gasteiger partial charge < -0.3 is 25.4 Å². The highest BCUT2D eigenvalue weighted by molar-refractivity contribution is 9.09. The second-order valence-electron chi connectivity index (χ2n) is 11.0. The van der Waals surface area contributed by atoms with Gasteiger partial charge in [0.25, 0.3) is 0 Å². The Kier molecular flexibility index (Phi) is 8.06. The molecule has 0 aromatic heterocycles. The number of alkyl halides is 1. The first-order valence-corrected chi connectivity index (χ1v) is 14.6. The van der Waals surface area contributed by atoms with Crippen molar-refractivity contribution in [2.45, 2.75) is 61.8 Å². The van der Waals surface area contributed by atoms with Gasteiger partial charge >= 0.3 is 0 Å². The number of fused-ring (bicyclic) bond motifs is 1. The van der Waals surface area contributed by atoms with Crippen molar-refractivity contribution >= 4 is 50.9 Å². The van der Waals surface area contributed by atoms with Crippen LogP contribution >= 0.6 is 27.5 Å². The molecule has 2 bridgehead atoms. The van der Waals surface area contributed by atoms with Gasteiger partial charge in [0.2, 0.25) is 17.7 Å². The minimum Gasteiger partial charge on any atom is -0.394 e. The maximum atomic E-state index is 14.2. The highest BCUT2D eigenvalue weighted by atomic mass is 79.9. The number of ether oxygens (including phenoxy) is 1. The monoisotopic (exact) mass is 617 g/mol. The summed E-state index contributed by atoms with van der Waals surface area (Å²) in [6.07, 6.45) is 0.311. The van der Waals surface area contributed by atoms with Gasteiger partial charge in [0.15, 0.2) is 0 Å². The maximum Gasteiger partial charge on any atom is 0.250 e. The summed E-state index contributed by atoms with van der Waals surface area (Å²) in [6, 6.07) is 14.8. The molecule has 208 valence electrons. The molecule has 0 radical (unpaired) electrons. The number of para-hydroxylation sites is 1. The number of benzene rings is 2. The smallest absolute Gasteiger partial charge is 0.250 e. The van der Waals surface area contributed by atoms with Gasteiger partial charge in [-0.3, -0.25) is 14.4 Å². The molecule has 3 saturated heterocycles. The number of aliphatic hydroxyl groups excluding tert-OH is 1.